The fourth-order valence-electron chi connectivity index (χ4n) is 2.21. The van der Waals surface area contributed by atoms with Crippen molar-refractivity contribution in [2.45, 2.75) is 11.4 Å². The first kappa shape index (κ1) is 15.7. The quantitative estimate of drug-likeness (QED) is 0.410. The molecule has 0 spiro atoms. The number of aromatic amines is 1. The molecular weight excluding hydrogens is 336 g/mol. The summed E-state index contributed by atoms with van der Waals surface area (Å²) in [6, 6.07) is 6.71. The number of nitrogens with zero attached hydrogens (tertiary/aromatic N) is 2. The highest BCUT2D eigenvalue weighted by Gasteiger charge is 2.19. The monoisotopic (exact) mass is 348 g/mol. The third kappa shape index (κ3) is 2.86. The first-order valence-corrected chi connectivity index (χ1v) is 8.19. The summed E-state index contributed by atoms with van der Waals surface area (Å²) >= 11 is 0. The number of H-pyrrole nitrogens is 1. The van der Waals surface area contributed by atoms with Gasteiger partial charge in [0.2, 0.25) is 0 Å². The zero-order valence-corrected chi connectivity index (χ0v) is 12.9. The first-order valence-electron chi connectivity index (χ1n) is 6.70. The Morgan fingerprint density at radius 1 is 1.21 bits per heavy atom. The van der Waals surface area contributed by atoms with Crippen molar-refractivity contribution in [2.24, 2.45) is 5.18 Å². The molecule has 0 aliphatic carbocycles. The summed E-state index contributed by atoms with van der Waals surface area (Å²) in [6.07, 6.45) is 1.49. The van der Waals surface area contributed by atoms with Gasteiger partial charge in [-0.15, -0.1) is 0 Å². The number of hydrogen-bond donors (Lipinski definition) is 4. The number of anilines is 1. The summed E-state index contributed by atoms with van der Waals surface area (Å²) in [7, 11) is -4.04. The minimum absolute atomic E-state index is 0.0885. The van der Waals surface area contributed by atoms with E-state index in [4.69, 9.17) is 0 Å². The van der Waals surface area contributed by atoms with Crippen LogP contribution < -0.4 is 4.72 Å². The number of nitroso groups, excluding NO2 is 1. The molecule has 0 amide bonds. The van der Waals surface area contributed by atoms with Crippen molar-refractivity contribution in [3.8, 4) is 11.5 Å². The smallest absolute Gasteiger partial charge is 0.262 e. The molecule has 0 atom stereocenters. The first-order chi connectivity index (χ1) is 11.4. The third-order valence-electron chi connectivity index (χ3n) is 3.36. The third-order valence-corrected chi connectivity index (χ3v) is 4.72. The number of phenols is 2. The number of aromatic nitrogens is 2. The van der Waals surface area contributed by atoms with Crippen LogP contribution in [0, 0.1) is 4.91 Å². The number of nitrogens with one attached hydrogen (secondary N) is 2. The van der Waals surface area contributed by atoms with Crippen LogP contribution in [0.15, 0.2) is 46.7 Å². The molecule has 0 radical (unpaired) electrons. The second-order valence-electron chi connectivity index (χ2n) is 4.98. The summed E-state index contributed by atoms with van der Waals surface area (Å²) in [5.41, 5.74) is 1.53. The fraction of sp³-hybridized carbons (Fsp3) is 0.0714. The van der Waals surface area contributed by atoms with E-state index in [1.54, 1.807) is 12.1 Å². The molecule has 10 heteroatoms. The Kier molecular flexibility index (Phi) is 3.81. The van der Waals surface area contributed by atoms with E-state index in [2.05, 4.69) is 19.9 Å². The molecule has 124 valence electrons. The Balaban J connectivity index is 1.99. The Morgan fingerprint density at radius 3 is 2.75 bits per heavy atom. The van der Waals surface area contributed by atoms with Crippen LogP contribution in [0.2, 0.25) is 0 Å². The highest BCUT2D eigenvalue weighted by molar-refractivity contribution is 7.92. The van der Waals surface area contributed by atoms with Crippen LogP contribution in [0.25, 0.3) is 11.0 Å². The molecular formula is C14H12N4O5S. The van der Waals surface area contributed by atoms with Crippen molar-refractivity contribution in [3.05, 3.63) is 47.1 Å². The van der Waals surface area contributed by atoms with E-state index in [0.29, 0.717) is 11.0 Å². The lowest BCUT2D eigenvalue weighted by Crippen LogP contribution is -2.13. The van der Waals surface area contributed by atoms with E-state index in [0.717, 1.165) is 12.1 Å². The van der Waals surface area contributed by atoms with Gasteiger partial charge in [-0.1, -0.05) is 5.18 Å². The van der Waals surface area contributed by atoms with Gasteiger partial charge in [0.25, 0.3) is 10.0 Å². The minimum Gasteiger partial charge on any atom is -0.504 e. The molecule has 1 aromatic heterocycles. The van der Waals surface area contributed by atoms with E-state index >= 15 is 0 Å². The topological polar surface area (TPSA) is 145 Å². The summed E-state index contributed by atoms with van der Waals surface area (Å²) in [6.45, 7) is -0.469. The van der Waals surface area contributed by atoms with Gasteiger partial charge in [0, 0.05) is 11.6 Å². The summed E-state index contributed by atoms with van der Waals surface area (Å²) in [4.78, 5) is 17.0. The van der Waals surface area contributed by atoms with Crippen molar-refractivity contribution < 1.29 is 18.6 Å². The van der Waals surface area contributed by atoms with E-state index < -0.39 is 28.1 Å². The molecule has 0 saturated heterocycles. The van der Waals surface area contributed by atoms with Crippen molar-refractivity contribution in [2.75, 3.05) is 4.72 Å². The molecule has 0 unspecified atom stereocenters. The van der Waals surface area contributed by atoms with Gasteiger partial charge in [-0.3, -0.25) is 4.72 Å². The van der Waals surface area contributed by atoms with Gasteiger partial charge < -0.3 is 15.2 Å². The molecule has 0 aliphatic rings. The Morgan fingerprint density at radius 2 is 2.00 bits per heavy atom. The second kappa shape index (κ2) is 5.81. The molecule has 1 heterocycles. The number of hydrogen-bond acceptors (Lipinski definition) is 7. The Labute approximate surface area is 136 Å². The van der Waals surface area contributed by atoms with Crippen LogP contribution in [0.1, 0.15) is 5.56 Å². The fourth-order valence-corrected chi connectivity index (χ4v) is 3.33. The number of sulfonamides is 1. The van der Waals surface area contributed by atoms with Crippen LogP contribution in [0.3, 0.4) is 0 Å². The summed E-state index contributed by atoms with van der Waals surface area (Å²) in [5, 5.41) is 21.9. The van der Waals surface area contributed by atoms with Gasteiger partial charge in [-0.05, 0) is 24.3 Å². The van der Waals surface area contributed by atoms with Gasteiger partial charge in [0.05, 0.1) is 27.9 Å². The average molecular weight is 348 g/mol. The minimum atomic E-state index is -4.04. The van der Waals surface area contributed by atoms with E-state index in [9.17, 15) is 23.5 Å². The van der Waals surface area contributed by atoms with E-state index in [1.165, 1.54) is 12.4 Å². The maximum absolute atomic E-state index is 12.5. The zero-order valence-electron chi connectivity index (χ0n) is 12.1. The lowest BCUT2D eigenvalue weighted by Gasteiger charge is -2.11. The van der Waals surface area contributed by atoms with Gasteiger partial charge in [-0.2, -0.15) is 4.91 Å². The number of fused-ring (bicyclic) bond motifs is 1. The lowest BCUT2D eigenvalue weighted by atomic mass is 10.2. The van der Waals surface area contributed by atoms with Crippen molar-refractivity contribution >= 4 is 26.7 Å². The Hall–Kier alpha value is -3.14. The maximum Gasteiger partial charge on any atom is 0.262 e. The highest BCUT2D eigenvalue weighted by atomic mass is 32.2. The van der Waals surface area contributed by atoms with Gasteiger partial charge >= 0.3 is 0 Å². The van der Waals surface area contributed by atoms with Gasteiger partial charge in [0.1, 0.15) is 6.54 Å². The van der Waals surface area contributed by atoms with Crippen molar-refractivity contribution in [3.63, 3.8) is 0 Å². The van der Waals surface area contributed by atoms with Crippen LogP contribution in [-0.4, -0.2) is 28.6 Å². The van der Waals surface area contributed by atoms with Gasteiger partial charge in [-0.25, -0.2) is 13.4 Å². The van der Waals surface area contributed by atoms with Crippen LogP contribution in [0.4, 0.5) is 5.69 Å². The number of imidazole rings is 1. The summed E-state index contributed by atoms with van der Waals surface area (Å²) < 4.78 is 27.3. The highest BCUT2D eigenvalue weighted by Crippen LogP contribution is 2.33. The summed E-state index contributed by atoms with van der Waals surface area (Å²) in [5.74, 6) is -1.23. The Bertz CT molecular complexity index is 1030. The molecule has 0 aliphatic heterocycles. The molecule has 24 heavy (non-hydrogen) atoms. The molecule has 3 aromatic rings. The average Bonchev–Trinajstić information content (AvgIpc) is 2.99. The predicted molar refractivity (Wildman–Crippen MR) is 86.2 cm³/mol. The molecule has 0 bridgehead atoms. The lowest BCUT2D eigenvalue weighted by molar-refractivity contribution is 0.398. The predicted octanol–water partition coefficient (Wildman–Crippen LogP) is 2.04. The zero-order chi connectivity index (χ0) is 17.3. The standard InChI is InChI=1S/C14H12N4O5S/c19-13-5-10(3-8(6-17-21)14(13)20)24(22,23)18-9-1-2-11-12(4-9)16-7-15-11/h1-5,7,18-20H,6H2,(H,15,16). The number of aromatic hydroxyl groups is 2. The molecule has 4 N–H and O–H groups in total. The molecule has 0 saturated carbocycles. The molecule has 9 nitrogen and oxygen atoms in total. The molecule has 3 rings (SSSR count). The number of benzene rings is 2. The van der Waals surface area contributed by atoms with Crippen LogP contribution >= 0.6 is 0 Å². The largest absolute Gasteiger partial charge is 0.504 e. The van der Waals surface area contributed by atoms with Crippen molar-refractivity contribution in [1.82, 2.24) is 9.97 Å². The van der Waals surface area contributed by atoms with Gasteiger partial charge in [0.15, 0.2) is 11.5 Å². The van der Waals surface area contributed by atoms with Crippen LogP contribution in [0.5, 0.6) is 11.5 Å². The second-order valence-corrected chi connectivity index (χ2v) is 6.66. The van der Waals surface area contributed by atoms with E-state index in [-0.39, 0.29) is 16.1 Å². The SMILES string of the molecule is O=NCc1cc(S(=O)(=O)Nc2ccc3nc[nH]c3c2)cc(O)c1O. The number of rotatable bonds is 5. The van der Waals surface area contributed by atoms with Crippen molar-refractivity contribution in [1.29, 1.82) is 0 Å². The molecule has 2 aromatic carbocycles. The van der Waals surface area contributed by atoms with Crippen LogP contribution in [-0.2, 0) is 16.6 Å². The normalized spacial score (nSPS) is 11.5. The molecule has 0 fully saturated rings. The van der Waals surface area contributed by atoms with E-state index in [1.807, 2.05) is 0 Å². The number of phenolic OH excluding ortho intramolecular Hbond substituents is 2. The maximum atomic E-state index is 12.5.